The highest BCUT2D eigenvalue weighted by Crippen LogP contribution is 2.31. The standard InChI is InChI=1S/C16H23N3O5S/c1-17(2)25(21,22)19-7-3-6-18(8-9-19)16(20)13-4-5-14-15(12-13)24-11-10-23-14/h4-5,12H,3,6-11H2,1-2H3. The van der Waals surface area contributed by atoms with E-state index in [1.54, 1.807) is 23.1 Å². The van der Waals surface area contributed by atoms with Crippen molar-refractivity contribution in [3.63, 3.8) is 0 Å². The summed E-state index contributed by atoms with van der Waals surface area (Å²) in [5.74, 6) is 1.09. The fourth-order valence-corrected chi connectivity index (χ4v) is 4.05. The maximum Gasteiger partial charge on any atom is 0.281 e. The van der Waals surface area contributed by atoms with E-state index in [4.69, 9.17) is 9.47 Å². The molecule has 1 aromatic rings. The third kappa shape index (κ3) is 3.73. The largest absolute Gasteiger partial charge is 0.486 e. The van der Waals surface area contributed by atoms with Crippen molar-refractivity contribution in [1.82, 2.24) is 13.5 Å². The first-order chi connectivity index (χ1) is 11.9. The molecule has 0 aromatic heterocycles. The number of nitrogens with zero attached hydrogens (tertiary/aromatic N) is 3. The van der Waals surface area contributed by atoms with Crippen LogP contribution in [0.2, 0.25) is 0 Å². The number of rotatable bonds is 3. The monoisotopic (exact) mass is 369 g/mol. The molecule has 0 saturated carbocycles. The van der Waals surface area contributed by atoms with Crippen LogP contribution in [-0.2, 0) is 10.2 Å². The lowest BCUT2D eigenvalue weighted by molar-refractivity contribution is 0.0763. The zero-order chi connectivity index (χ0) is 18.0. The molecule has 2 heterocycles. The van der Waals surface area contributed by atoms with Gasteiger partial charge in [0.05, 0.1) is 0 Å². The first-order valence-electron chi connectivity index (χ1n) is 8.26. The SMILES string of the molecule is CN(C)S(=O)(=O)N1CCCN(C(=O)c2ccc3c(c2)OCCO3)CC1. The third-order valence-corrected chi connectivity index (χ3v) is 6.26. The second-order valence-electron chi connectivity index (χ2n) is 6.19. The highest BCUT2D eigenvalue weighted by molar-refractivity contribution is 7.86. The number of benzene rings is 1. The predicted octanol–water partition coefficient (Wildman–Crippen LogP) is 0.412. The third-order valence-electron chi connectivity index (χ3n) is 4.32. The Balaban J connectivity index is 1.71. The maximum absolute atomic E-state index is 12.8. The molecule has 0 spiro atoms. The summed E-state index contributed by atoms with van der Waals surface area (Å²) in [7, 11) is -0.432. The minimum absolute atomic E-state index is 0.124. The van der Waals surface area contributed by atoms with E-state index >= 15 is 0 Å². The summed E-state index contributed by atoms with van der Waals surface area (Å²) < 4.78 is 38.1. The Morgan fingerprint density at radius 2 is 1.76 bits per heavy atom. The molecule has 0 N–H and O–H groups in total. The zero-order valence-electron chi connectivity index (χ0n) is 14.5. The summed E-state index contributed by atoms with van der Waals surface area (Å²) in [6, 6.07) is 5.15. The molecule has 1 aromatic carbocycles. The first kappa shape index (κ1) is 18.0. The number of hydrogen-bond acceptors (Lipinski definition) is 5. The van der Waals surface area contributed by atoms with Crippen LogP contribution < -0.4 is 9.47 Å². The van der Waals surface area contributed by atoms with Crippen LogP contribution >= 0.6 is 0 Å². The number of amides is 1. The Kier molecular flexibility index (Phi) is 5.16. The zero-order valence-corrected chi connectivity index (χ0v) is 15.3. The molecular formula is C16H23N3O5S. The average Bonchev–Trinajstić information content (AvgIpc) is 2.87. The van der Waals surface area contributed by atoms with E-state index in [1.807, 2.05) is 0 Å². The quantitative estimate of drug-likeness (QED) is 0.771. The van der Waals surface area contributed by atoms with E-state index in [0.717, 1.165) is 0 Å². The lowest BCUT2D eigenvalue weighted by Crippen LogP contribution is -2.42. The van der Waals surface area contributed by atoms with E-state index in [2.05, 4.69) is 0 Å². The lowest BCUT2D eigenvalue weighted by Gasteiger charge is -2.24. The Morgan fingerprint density at radius 3 is 2.48 bits per heavy atom. The van der Waals surface area contributed by atoms with Crippen LogP contribution in [0.5, 0.6) is 11.5 Å². The number of hydrogen-bond donors (Lipinski definition) is 0. The number of ether oxygens (including phenoxy) is 2. The Hall–Kier alpha value is -1.84. The van der Waals surface area contributed by atoms with Gasteiger partial charge in [0.1, 0.15) is 13.2 Å². The molecule has 1 amide bonds. The van der Waals surface area contributed by atoms with Crippen molar-refractivity contribution < 1.29 is 22.7 Å². The van der Waals surface area contributed by atoms with Gasteiger partial charge in [0.25, 0.3) is 16.1 Å². The van der Waals surface area contributed by atoms with Crippen molar-refractivity contribution in [2.75, 3.05) is 53.5 Å². The smallest absolute Gasteiger partial charge is 0.281 e. The minimum atomic E-state index is -3.46. The van der Waals surface area contributed by atoms with E-state index in [9.17, 15) is 13.2 Å². The van der Waals surface area contributed by atoms with E-state index in [-0.39, 0.29) is 12.5 Å². The van der Waals surface area contributed by atoms with Crippen molar-refractivity contribution in [3.8, 4) is 11.5 Å². The van der Waals surface area contributed by atoms with Gasteiger partial charge >= 0.3 is 0 Å². The highest BCUT2D eigenvalue weighted by Gasteiger charge is 2.29. The molecule has 138 valence electrons. The highest BCUT2D eigenvalue weighted by atomic mass is 32.2. The molecular weight excluding hydrogens is 346 g/mol. The van der Waals surface area contributed by atoms with Gasteiger partial charge in [-0.25, -0.2) is 0 Å². The topological polar surface area (TPSA) is 79.4 Å². The van der Waals surface area contributed by atoms with Crippen molar-refractivity contribution >= 4 is 16.1 Å². The van der Waals surface area contributed by atoms with E-state index < -0.39 is 10.2 Å². The first-order valence-corrected chi connectivity index (χ1v) is 9.66. The van der Waals surface area contributed by atoms with Crippen molar-refractivity contribution in [1.29, 1.82) is 0 Å². The summed E-state index contributed by atoms with van der Waals surface area (Å²) >= 11 is 0. The Labute approximate surface area is 148 Å². The summed E-state index contributed by atoms with van der Waals surface area (Å²) in [6.07, 6.45) is 0.601. The summed E-state index contributed by atoms with van der Waals surface area (Å²) in [6.45, 7) is 2.55. The molecule has 0 unspecified atom stereocenters. The van der Waals surface area contributed by atoms with Gasteiger partial charge in [-0.1, -0.05) is 0 Å². The molecule has 0 bridgehead atoms. The molecule has 2 aliphatic heterocycles. The van der Waals surface area contributed by atoms with Gasteiger partial charge in [-0.15, -0.1) is 0 Å². The van der Waals surface area contributed by atoms with Crippen LogP contribution in [0.25, 0.3) is 0 Å². The van der Waals surface area contributed by atoms with Gasteiger partial charge in [0.15, 0.2) is 11.5 Å². The molecule has 0 radical (unpaired) electrons. The number of fused-ring (bicyclic) bond motifs is 1. The Morgan fingerprint density at radius 1 is 1.04 bits per heavy atom. The lowest BCUT2D eigenvalue weighted by atomic mass is 10.1. The Bertz CT molecular complexity index is 750. The van der Waals surface area contributed by atoms with Crippen molar-refractivity contribution in [2.45, 2.75) is 6.42 Å². The molecule has 0 atom stereocenters. The minimum Gasteiger partial charge on any atom is -0.486 e. The van der Waals surface area contributed by atoms with Gasteiger partial charge in [-0.3, -0.25) is 4.79 Å². The molecule has 0 aliphatic carbocycles. The average molecular weight is 369 g/mol. The molecule has 25 heavy (non-hydrogen) atoms. The second kappa shape index (κ2) is 7.19. The van der Waals surface area contributed by atoms with Crippen molar-refractivity contribution in [2.24, 2.45) is 0 Å². The van der Waals surface area contributed by atoms with Crippen LogP contribution in [0.4, 0.5) is 0 Å². The van der Waals surface area contributed by atoms with Crippen LogP contribution in [0.1, 0.15) is 16.8 Å². The molecule has 1 fully saturated rings. The maximum atomic E-state index is 12.8. The summed E-state index contributed by atoms with van der Waals surface area (Å²) in [4.78, 5) is 14.5. The fraction of sp³-hybridized carbons (Fsp3) is 0.562. The predicted molar refractivity (Wildman–Crippen MR) is 92.1 cm³/mol. The van der Waals surface area contributed by atoms with Gasteiger partial charge < -0.3 is 14.4 Å². The van der Waals surface area contributed by atoms with Gasteiger partial charge in [-0.2, -0.15) is 17.0 Å². The molecule has 3 rings (SSSR count). The van der Waals surface area contributed by atoms with Gasteiger partial charge in [0.2, 0.25) is 0 Å². The number of carbonyl (C=O) groups excluding carboxylic acids is 1. The number of carbonyl (C=O) groups is 1. The van der Waals surface area contributed by atoms with E-state index in [0.29, 0.717) is 56.3 Å². The molecule has 1 saturated heterocycles. The van der Waals surface area contributed by atoms with Gasteiger partial charge in [-0.05, 0) is 24.6 Å². The van der Waals surface area contributed by atoms with E-state index in [1.165, 1.54) is 22.7 Å². The fourth-order valence-electron chi connectivity index (χ4n) is 2.92. The van der Waals surface area contributed by atoms with Crippen LogP contribution in [0.3, 0.4) is 0 Å². The normalized spacial score (nSPS) is 18.9. The second-order valence-corrected chi connectivity index (χ2v) is 8.34. The molecule has 2 aliphatic rings. The van der Waals surface area contributed by atoms with Gasteiger partial charge in [0, 0.05) is 45.8 Å². The summed E-state index contributed by atoms with van der Waals surface area (Å²) in [5, 5.41) is 0. The summed E-state index contributed by atoms with van der Waals surface area (Å²) in [5.41, 5.74) is 0.521. The van der Waals surface area contributed by atoms with Crippen molar-refractivity contribution in [3.05, 3.63) is 23.8 Å². The van der Waals surface area contributed by atoms with Crippen LogP contribution in [0.15, 0.2) is 18.2 Å². The van der Waals surface area contributed by atoms with Crippen LogP contribution in [0, 0.1) is 0 Å². The van der Waals surface area contributed by atoms with Crippen LogP contribution in [-0.4, -0.2) is 81.3 Å². The molecule has 8 nitrogen and oxygen atoms in total. The molecule has 9 heteroatoms.